The quantitative estimate of drug-likeness (QED) is 0.194. The van der Waals surface area contributed by atoms with E-state index in [0.717, 1.165) is 82.3 Å². The van der Waals surface area contributed by atoms with Crippen molar-refractivity contribution >= 4 is 88.1 Å². The van der Waals surface area contributed by atoms with Crippen molar-refractivity contribution < 1.29 is 0 Å². The molecule has 0 fully saturated rings. The summed E-state index contributed by atoms with van der Waals surface area (Å²) in [6.07, 6.45) is 0. The summed E-state index contributed by atoms with van der Waals surface area (Å²) in [5.41, 5.74) is 7.29. The van der Waals surface area contributed by atoms with Gasteiger partial charge in [-0.05, 0) is 68.9 Å². The standard InChI is InChI=1S/C39H18BN3O3/c44-37-25-10-4-1-7-19(25)22-13-16-28-31-34(22)41(37)29-17-14-23-20-8-3-6-12-27(20)39(46)43-30-18-15-24-21-9-2-5-11-26(21)38(45)42(28)36(24)33(30)40(31)32(29)35(23)43/h1-18H. The second-order valence-electron chi connectivity index (χ2n) is 12.7. The number of pyridine rings is 3. The van der Waals surface area contributed by atoms with Gasteiger partial charge in [0.1, 0.15) is 0 Å². The SMILES string of the molecule is O=c1c2ccccc2c2ccc3c4c2n1-c1ccc2c5ccccc5c(=O)n5c2c1B4c1c-5ccc2c4ccccc4c(=O)n-3c12. The van der Waals surface area contributed by atoms with Gasteiger partial charge in [0.15, 0.2) is 0 Å². The summed E-state index contributed by atoms with van der Waals surface area (Å²) in [4.78, 5) is 43.7. The van der Waals surface area contributed by atoms with E-state index in [-0.39, 0.29) is 23.4 Å². The minimum atomic E-state index is -0.280. The number of benzene rings is 6. The summed E-state index contributed by atoms with van der Waals surface area (Å²) in [6, 6.07) is 35.6. The Labute approximate surface area is 258 Å². The maximum atomic E-state index is 14.6. The molecule has 0 N–H and O–H groups in total. The Kier molecular flexibility index (Phi) is 3.71. The molecule has 6 aromatic carbocycles. The molecule has 0 amide bonds. The van der Waals surface area contributed by atoms with Gasteiger partial charge in [-0.3, -0.25) is 28.1 Å². The van der Waals surface area contributed by atoms with Crippen LogP contribution in [0.1, 0.15) is 0 Å². The van der Waals surface area contributed by atoms with Crippen LogP contribution in [0.4, 0.5) is 0 Å². The van der Waals surface area contributed by atoms with Crippen molar-refractivity contribution in [2.75, 3.05) is 0 Å². The van der Waals surface area contributed by atoms with E-state index in [0.29, 0.717) is 16.2 Å². The van der Waals surface area contributed by atoms with Gasteiger partial charge in [0.05, 0.1) is 16.6 Å². The lowest BCUT2D eigenvalue weighted by atomic mass is 9.32. The zero-order chi connectivity index (χ0) is 30.2. The van der Waals surface area contributed by atoms with Gasteiger partial charge in [-0.25, -0.2) is 0 Å². The Hall–Kier alpha value is -6.21. The molecule has 9 aromatic rings. The molecule has 0 spiro atoms. The van der Waals surface area contributed by atoms with Crippen molar-refractivity contribution in [2.24, 2.45) is 0 Å². The fraction of sp³-hybridized carbons (Fsp3) is 0. The molecule has 46 heavy (non-hydrogen) atoms. The average molecular weight is 587 g/mol. The van der Waals surface area contributed by atoms with E-state index in [1.165, 1.54) is 0 Å². The Balaban J connectivity index is 1.48. The van der Waals surface area contributed by atoms with E-state index in [9.17, 15) is 14.4 Å². The van der Waals surface area contributed by atoms with Gasteiger partial charge < -0.3 is 0 Å². The van der Waals surface area contributed by atoms with Crippen LogP contribution in [0.25, 0.3) is 82.1 Å². The van der Waals surface area contributed by atoms with E-state index >= 15 is 0 Å². The minimum Gasteiger partial charge on any atom is -0.277 e. The van der Waals surface area contributed by atoms with Crippen molar-refractivity contribution in [1.29, 1.82) is 0 Å². The van der Waals surface area contributed by atoms with Gasteiger partial charge in [0.2, 0.25) is 0 Å². The van der Waals surface area contributed by atoms with Gasteiger partial charge in [-0.1, -0.05) is 72.8 Å². The highest BCUT2D eigenvalue weighted by Gasteiger charge is 2.46. The monoisotopic (exact) mass is 587 g/mol. The molecule has 3 aliphatic rings. The number of aromatic nitrogens is 3. The number of rotatable bonds is 0. The fourth-order valence-corrected chi connectivity index (χ4v) is 9.11. The Morgan fingerprint density at radius 1 is 0.326 bits per heavy atom. The predicted octanol–water partition coefficient (Wildman–Crippen LogP) is 4.51. The lowest BCUT2D eigenvalue weighted by Crippen LogP contribution is -2.64. The third-order valence-corrected chi connectivity index (χ3v) is 10.8. The molecule has 0 saturated heterocycles. The predicted molar refractivity (Wildman–Crippen MR) is 186 cm³/mol. The highest BCUT2D eigenvalue weighted by Crippen LogP contribution is 2.38. The smallest absolute Gasteiger partial charge is 0.263 e. The van der Waals surface area contributed by atoms with E-state index in [4.69, 9.17) is 0 Å². The highest BCUT2D eigenvalue weighted by molar-refractivity contribution is 7.02. The molecule has 7 heteroatoms. The molecular formula is C39H18BN3O3. The minimum absolute atomic E-state index is 0.110. The molecule has 3 aliphatic heterocycles. The first-order valence-electron chi connectivity index (χ1n) is 15.5. The van der Waals surface area contributed by atoms with Crippen molar-refractivity contribution in [2.45, 2.75) is 0 Å². The lowest BCUT2D eigenvalue weighted by Gasteiger charge is -2.39. The zero-order valence-corrected chi connectivity index (χ0v) is 24.0. The summed E-state index contributed by atoms with van der Waals surface area (Å²) in [7, 11) is 0. The molecule has 6 nitrogen and oxygen atoms in total. The topological polar surface area (TPSA) is 66.0 Å². The normalized spacial score (nSPS) is 13.4. The lowest BCUT2D eigenvalue weighted by molar-refractivity contribution is 1.02. The van der Waals surface area contributed by atoms with Crippen LogP contribution in [0, 0.1) is 0 Å². The van der Waals surface area contributed by atoms with Crippen LogP contribution in [-0.4, -0.2) is 20.4 Å². The van der Waals surface area contributed by atoms with Gasteiger partial charge in [0, 0.05) is 49.4 Å². The molecule has 0 unspecified atom stereocenters. The fourth-order valence-electron chi connectivity index (χ4n) is 9.11. The summed E-state index contributed by atoms with van der Waals surface area (Å²) in [5, 5.41) is 7.46. The number of fused-ring (bicyclic) bond motifs is 9. The molecule has 3 aromatic heterocycles. The van der Waals surface area contributed by atoms with Crippen molar-refractivity contribution in [3.8, 4) is 17.1 Å². The van der Waals surface area contributed by atoms with E-state index in [1.54, 1.807) is 0 Å². The maximum absolute atomic E-state index is 14.6. The maximum Gasteiger partial charge on any atom is 0.263 e. The van der Waals surface area contributed by atoms with Crippen LogP contribution in [0.15, 0.2) is 124 Å². The largest absolute Gasteiger partial charge is 0.277 e. The Morgan fingerprint density at radius 3 is 0.913 bits per heavy atom. The molecule has 0 saturated carbocycles. The summed E-state index contributed by atoms with van der Waals surface area (Å²) < 4.78 is 5.52. The van der Waals surface area contributed by atoms with Crippen LogP contribution < -0.4 is 33.1 Å². The molecule has 0 aliphatic carbocycles. The van der Waals surface area contributed by atoms with Gasteiger partial charge in [0.25, 0.3) is 23.4 Å². The van der Waals surface area contributed by atoms with Crippen LogP contribution in [-0.2, 0) is 0 Å². The molecular weight excluding hydrogens is 569 g/mol. The van der Waals surface area contributed by atoms with Crippen molar-refractivity contribution in [3.05, 3.63) is 140 Å². The first kappa shape index (κ1) is 23.2. The third-order valence-electron chi connectivity index (χ3n) is 10.8. The van der Waals surface area contributed by atoms with Gasteiger partial charge in [-0.2, -0.15) is 0 Å². The average Bonchev–Trinajstić information content (AvgIpc) is 3.10. The molecule has 210 valence electrons. The van der Waals surface area contributed by atoms with Crippen molar-refractivity contribution in [1.82, 2.24) is 13.7 Å². The van der Waals surface area contributed by atoms with Crippen LogP contribution in [0.3, 0.4) is 0 Å². The van der Waals surface area contributed by atoms with E-state index in [2.05, 4.69) is 36.4 Å². The molecule has 6 heterocycles. The van der Waals surface area contributed by atoms with Crippen molar-refractivity contribution in [3.63, 3.8) is 0 Å². The summed E-state index contributed by atoms with van der Waals surface area (Å²) in [6.45, 7) is -0.280. The van der Waals surface area contributed by atoms with Gasteiger partial charge >= 0.3 is 0 Å². The third kappa shape index (κ3) is 2.28. The summed E-state index contributed by atoms with van der Waals surface area (Å²) >= 11 is 0. The number of hydrogen-bond acceptors (Lipinski definition) is 3. The second-order valence-corrected chi connectivity index (χ2v) is 12.7. The van der Waals surface area contributed by atoms with E-state index in [1.807, 2.05) is 86.5 Å². The first-order chi connectivity index (χ1) is 22.6. The number of nitrogens with zero attached hydrogens (tertiary/aromatic N) is 3. The molecule has 12 rings (SSSR count). The molecule has 0 atom stereocenters. The summed E-state index contributed by atoms with van der Waals surface area (Å²) in [5.74, 6) is 0. The van der Waals surface area contributed by atoms with Crippen LogP contribution in [0.5, 0.6) is 0 Å². The number of hydrogen-bond donors (Lipinski definition) is 0. The molecule has 0 radical (unpaired) electrons. The van der Waals surface area contributed by atoms with Crippen LogP contribution >= 0.6 is 0 Å². The second kappa shape index (κ2) is 7.36. The van der Waals surface area contributed by atoms with Crippen LogP contribution in [0.2, 0.25) is 0 Å². The van der Waals surface area contributed by atoms with Gasteiger partial charge in [-0.15, -0.1) is 0 Å². The zero-order valence-electron chi connectivity index (χ0n) is 24.0. The Morgan fingerprint density at radius 2 is 0.609 bits per heavy atom. The van der Waals surface area contributed by atoms with E-state index < -0.39 is 0 Å². The Bertz CT molecular complexity index is 2880. The first-order valence-corrected chi connectivity index (χ1v) is 15.5. The highest BCUT2D eigenvalue weighted by atomic mass is 16.1. The molecule has 0 bridgehead atoms.